The summed E-state index contributed by atoms with van der Waals surface area (Å²) in [6.07, 6.45) is 0. The molecule has 8 heteroatoms. The minimum atomic E-state index is -0.610. The second-order valence-corrected chi connectivity index (χ2v) is 6.44. The number of anilines is 4. The first-order valence-electron chi connectivity index (χ1n) is 8.93. The van der Waals surface area contributed by atoms with Gasteiger partial charge in [-0.25, -0.2) is 4.79 Å². The van der Waals surface area contributed by atoms with Crippen LogP contribution in [0, 0.1) is 0 Å². The predicted octanol–water partition coefficient (Wildman–Crippen LogP) is 3.14. The summed E-state index contributed by atoms with van der Waals surface area (Å²) in [4.78, 5) is 37.0. The van der Waals surface area contributed by atoms with Gasteiger partial charge in [-0.05, 0) is 66.7 Å². The van der Waals surface area contributed by atoms with Gasteiger partial charge >= 0.3 is 5.97 Å². The van der Waals surface area contributed by atoms with Crippen LogP contribution in [0.5, 0.6) is 0 Å². The molecule has 8 nitrogen and oxygen atoms in total. The molecular weight excluding hydrogens is 384 g/mol. The molecule has 3 aromatic rings. The van der Waals surface area contributed by atoms with Gasteiger partial charge in [0.1, 0.15) is 0 Å². The van der Waals surface area contributed by atoms with E-state index in [1.165, 1.54) is 25.3 Å². The predicted molar refractivity (Wildman–Crippen MR) is 115 cm³/mol. The lowest BCUT2D eigenvalue weighted by Crippen LogP contribution is -2.15. The molecule has 30 heavy (non-hydrogen) atoms. The van der Waals surface area contributed by atoms with Crippen molar-refractivity contribution in [1.29, 1.82) is 0 Å². The van der Waals surface area contributed by atoms with E-state index in [0.29, 0.717) is 33.9 Å². The molecule has 0 saturated heterocycles. The Morgan fingerprint density at radius 3 is 1.43 bits per heavy atom. The standard InChI is InChI=1S/C22H20N4O4/c1-30-22(29)15-10-18(25-20(27)13-2-6-16(23)7-3-13)12-19(11-15)26-21(28)14-4-8-17(24)9-5-14/h2-12H,23-24H2,1H3,(H,25,27)(H,26,28). The zero-order valence-corrected chi connectivity index (χ0v) is 16.1. The number of hydrogen-bond acceptors (Lipinski definition) is 6. The summed E-state index contributed by atoms with van der Waals surface area (Å²) in [6, 6.07) is 17.2. The molecule has 0 spiro atoms. The normalized spacial score (nSPS) is 10.2. The topological polar surface area (TPSA) is 137 Å². The van der Waals surface area contributed by atoms with E-state index in [9.17, 15) is 14.4 Å². The molecule has 0 aliphatic heterocycles. The first-order chi connectivity index (χ1) is 14.4. The number of nitrogens with two attached hydrogens (primary N) is 2. The fraction of sp³-hybridized carbons (Fsp3) is 0.0455. The third kappa shape index (κ3) is 4.93. The van der Waals surface area contributed by atoms with Crippen molar-refractivity contribution in [2.24, 2.45) is 0 Å². The molecule has 0 unspecified atom stereocenters. The highest BCUT2D eigenvalue weighted by atomic mass is 16.5. The van der Waals surface area contributed by atoms with Crippen LogP contribution in [0.3, 0.4) is 0 Å². The molecule has 0 bridgehead atoms. The number of esters is 1. The van der Waals surface area contributed by atoms with Crippen molar-refractivity contribution in [2.75, 3.05) is 29.2 Å². The Labute approximate surface area is 172 Å². The smallest absolute Gasteiger partial charge is 0.337 e. The molecule has 3 aromatic carbocycles. The van der Waals surface area contributed by atoms with E-state index in [2.05, 4.69) is 10.6 Å². The number of amides is 2. The van der Waals surface area contributed by atoms with Crippen molar-refractivity contribution < 1.29 is 19.1 Å². The second-order valence-electron chi connectivity index (χ2n) is 6.44. The van der Waals surface area contributed by atoms with Gasteiger partial charge in [0.15, 0.2) is 0 Å². The van der Waals surface area contributed by atoms with Crippen LogP contribution < -0.4 is 22.1 Å². The lowest BCUT2D eigenvalue weighted by atomic mass is 10.1. The fourth-order valence-electron chi connectivity index (χ4n) is 2.68. The largest absolute Gasteiger partial charge is 0.465 e. The maximum absolute atomic E-state index is 12.5. The molecule has 3 rings (SSSR count). The van der Waals surface area contributed by atoms with E-state index < -0.39 is 17.8 Å². The van der Waals surface area contributed by atoms with E-state index in [-0.39, 0.29) is 5.56 Å². The van der Waals surface area contributed by atoms with Crippen molar-refractivity contribution in [3.05, 3.63) is 83.4 Å². The Morgan fingerprint density at radius 2 is 1.07 bits per heavy atom. The molecule has 0 heterocycles. The van der Waals surface area contributed by atoms with E-state index >= 15 is 0 Å². The first kappa shape index (κ1) is 20.4. The van der Waals surface area contributed by atoms with Gasteiger partial charge in [-0.15, -0.1) is 0 Å². The Morgan fingerprint density at radius 1 is 0.667 bits per heavy atom. The van der Waals surface area contributed by atoms with Crippen molar-refractivity contribution in [3.63, 3.8) is 0 Å². The molecule has 0 aliphatic carbocycles. The molecule has 0 fully saturated rings. The molecule has 0 radical (unpaired) electrons. The third-order valence-corrected chi connectivity index (χ3v) is 4.22. The van der Waals surface area contributed by atoms with E-state index in [1.54, 1.807) is 48.5 Å². The van der Waals surface area contributed by atoms with Gasteiger partial charge in [-0.1, -0.05) is 0 Å². The van der Waals surface area contributed by atoms with Gasteiger partial charge in [-0.2, -0.15) is 0 Å². The van der Waals surface area contributed by atoms with Crippen LogP contribution in [0.25, 0.3) is 0 Å². The number of rotatable bonds is 5. The van der Waals surface area contributed by atoms with Gasteiger partial charge in [-0.3, -0.25) is 9.59 Å². The number of carbonyl (C=O) groups is 3. The number of nitrogen functional groups attached to an aromatic ring is 2. The van der Waals surface area contributed by atoms with E-state index in [0.717, 1.165) is 0 Å². The third-order valence-electron chi connectivity index (χ3n) is 4.22. The number of benzene rings is 3. The highest BCUT2D eigenvalue weighted by Crippen LogP contribution is 2.22. The highest BCUT2D eigenvalue weighted by molar-refractivity contribution is 6.07. The van der Waals surface area contributed by atoms with Crippen LogP contribution >= 0.6 is 0 Å². The van der Waals surface area contributed by atoms with Crippen LogP contribution in [0.2, 0.25) is 0 Å². The molecule has 0 aromatic heterocycles. The minimum Gasteiger partial charge on any atom is -0.465 e. The Bertz CT molecular complexity index is 1020. The molecule has 0 atom stereocenters. The van der Waals surface area contributed by atoms with Crippen LogP contribution in [0.15, 0.2) is 66.7 Å². The summed E-state index contributed by atoms with van der Waals surface area (Å²) in [5.74, 6) is -1.40. The number of carbonyl (C=O) groups excluding carboxylic acids is 3. The van der Waals surface area contributed by atoms with Crippen molar-refractivity contribution in [2.45, 2.75) is 0 Å². The molecule has 0 saturated carbocycles. The Balaban J connectivity index is 1.86. The Kier molecular flexibility index (Phi) is 5.97. The molecule has 2 amide bonds. The zero-order chi connectivity index (χ0) is 21.7. The SMILES string of the molecule is COC(=O)c1cc(NC(=O)c2ccc(N)cc2)cc(NC(=O)c2ccc(N)cc2)c1. The monoisotopic (exact) mass is 404 g/mol. The average molecular weight is 404 g/mol. The lowest BCUT2D eigenvalue weighted by molar-refractivity contribution is 0.0600. The molecule has 6 N–H and O–H groups in total. The van der Waals surface area contributed by atoms with Gasteiger partial charge in [0.05, 0.1) is 12.7 Å². The van der Waals surface area contributed by atoms with E-state index in [4.69, 9.17) is 16.2 Å². The van der Waals surface area contributed by atoms with Crippen LogP contribution in [0.4, 0.5) is 22.7 Å². The van der Waals surface area contributed by atoms with Crippen LogP contribution in [0.1, 0.15) is 31.1 Å². The summed E-state index contributed by atoms with van der Waals surface area (Å²) in [7, 11) is 1.24. The molecule has 0 aliphatic rings. The summed E-state index contributed by atoms with van der Waals surface area (Å²) in [5, 5.41) is 5.41. The van der Waals surface area contributed by atoms with Crippen molar-refractivity contribution in [3.8, 4) is 0 Å². The van der Waals surface area contributed by atoms with Crippen molar-refractivity contribution in [1.82, 2.24) is 0 Å². The summed E-state index contributed by atoms with van der Waals surface area (Å²) >= 11 is 0. The quantitative estimate of drug-likeness (QED) is 0.381. The lowest BCUT2D eigenvalue weighted by Gasteiger charge is -2.12. The zero-order valence-electron chi connectivity index (χ0n) is 16.1. The fourth-order valence-corrected chi connectivity index (χ4v) is 2.68. The summed E-state index contributed by atoms with van der Waals surface area (Å²) < 4.78 is 4.76. The second kappa shape index (κ2) is 8.78. The van der Waals surface area contributed by atoms with E-state index in [1.807, 2.05) is 0 Å². The average Bonchev–Trinajstić information content (AvgIpc) is 2.73. The first-order valence-corrected chi connectivity index (χ1v) is 8.93. The summed E-state index contributed by atoms with van der Waals surface area (Å²) in [6.45, 7) is 0. The van der Waals surface area contributed by atoms with Gasteiger partial charge < -0.3 is 26.8 Å². The molecular formula is C22H20N4O4. The number of hydrogen-bond donors (Lipinski definition) is 4. The number of ether oxygens (including phenoxy) is 1. The maximum Gasteiger partial charge on any atom is 0.337 e. The highest BCUT2D eigenvalue weighted by Gasteiger charge is 2.14. The number of methoxy groups -OCH3 is 1. The maximum atomic E-state index is 12.5. The molecule has 152 valence electrons. The Hall–Kier alpha value is -4.33. The number of nitrogens with one attached hydrogen (secondary N) is 2. The van der Waals surface area contributed by atoms with Gasteiger partial charge in [0, 0.05) is 33.9 Å². The van der Waals surface area contributed by atoms with Crippen molar-refractivity contribution >= 4 is 40.5 Å². The van der Waals surface area contributed by atoms with Crippen LogP contribution in [-0.2, 0) is 4.74 Å². The summed E-state index contributed by atoms with van der Waals surface area (Å²) in [5.41, 5.74) is 13.9. The van der Waals surface area contributed by atoms with Gasteiger partial charge in [0.2, 0.25) is 0 Å². The minimum absolute atomic E-state index is 0.167. The van der Waals surface area contributed by atoms with Crippen LogP contribution in [-0.4, -0.2) is 24.9 Å². The van der Waals surface area contributed by atoms with Gasteiger partial charge in [0.25, 0.3) is 11.8 Å².